The van der Waals surface area contributed by atoms with Gasteiger partial charge in [0.1, 0.15) is 11.5 Å². The first kappa shape index (κ1) is 15.9. The van der Waals surface area contributed by atoms with Gasteiger partial charge in [-0.25, -0.2) is 4.98 Å². The second kappa shape index (κ2) is 6.70. The van der Waals surface area contributed by atoms with E-state index in [0.717, 1.165) is 32.2 Å². The van der Waals surface area contributed by atoms with Crippen molar-refractivity contribution in [2.24, 2.45) is 5.10 Å². The minimum absolute atomic E-state index is 0.656. The molecule has 0 aliphatic heterocycles. The Balaban J connectivity index is 1.50. The molecule has 0 fully saturated rings. The van der Waals surface area contributed by atoms with Gasteiger partial charge in [-0.05, 0) is 48.9 Å². The number of rotatable bonds is 4. The van der Waals surface area contributed by atoms with Crippen LogP contribution >= 0.6 is 22.9 Å². The third-order valence-electron chi connectivity index (χ3n) is 3.74. The standard InChI is InChI=1S/C19H14ClN3OS/c1-12-6-7-13(20)10-15(12)17-9-8-14(24-17)11-21-23-19-22-16-4-2-3-5-18(16)25-19/h2-11H,1H3,(H,22,23)/b21-11-. The van der Waals surface area contributed by atoms with E-state index in [9.17, 15) is 0 Å². The summed E-state index contributed by atoms with van der Waals surface area (Å²) in [6.45, 7) is 2.02. The van der Waals surface area contributed by atoms with Gasteiger partial charge < -0.3 is 4.42 Å². The number of para-hydroxylation sites is 1. The fourth-order valence-electron chi connectivity index (χ4n) is 2.50. The monoisotopic (exact) mass is 367 g/mol. The van der Waals surface area contributed by atoms with E-state index in [0.29, 0.717) is 10.8 Å². The van der Waals surface area contributed by atoms with Crippen LogP contribution in [0.2, 0.25) is 5.02 Å². The maximum absolute atomic E-state index is 6.07. The first-order chi connectivity index (χ1) is 12.2. The van der Waals surface area contributed by atoms with Crippen LogP contribution in [-0.2, 0) is 0 Å². The average Bonchev–Trinajstić information content (AvgIpc) is 3.23. The summed E-state index contributed by atoms with van der Waals surface area (Å²) in [5.74, 6) is 1.42. The molecule has 0 atom stereocenters. The minimum Gasteiger partial charge on any atom is -0.455 e. The Bertz CT molecular complexity index is 1030. The second-order valence-corrected chi connectivity index (χ2v) is 6.99. The number of benzene rings is 2. The van der Waals surface area contributed by atoms with Gasteiger partial charge in [0, 0.05) is 10.6 Å². The SMILES string of the molecule is Cc1ccc(Cl)cc1-c1ccc(/C=N\Nc2nc3ccccc3s2)o1. The van der Waals surface area contributed by atoms with Gasteiger partial charge in [-0.15, -0.1) is 0 Å². The van der Waals surface area contributed by atoms with E-state index >= 15 is 0 Å². The van der Waals surface area contributed by atoms with E-state index in [4.69, 9.17) is 16.0 Å². The second-order valence-electron chi connectivity index (χ2n) is 5.52. The van der Waals surface area contributed by atoms with Crippen molar-refractivity contribution in [3.8, 4) is 11.3 Å². The minimum atomic E-state index is 0.656. The van der Waals surface area contributed by atoms with E-state index in [2.05, 4.69) is 15.5 Å². The van der Waals surface area contributed by atoms with Crippen LogP contribution in [0.5, 0.6) is 0 Å². The summed E-state index contributed by atoms with van der Waals surface area (Å²) in [7, 11) is 0. The summed E-state index contributed by atoms with van der Waals surface area (Å²) in [6, 6.07) is 17.5. The van der Waals surface area contributed by atoms with Crippen LogP contribution in [0, 0.1) is 6.92 Å². The zero-order valence-electron chi connectivity index (χ0n) is 13.4. The first-order valence-corrected chi connectivity index (χ1v) is 8.89. The third kappa shape index (κ3) is 3.43. The summed E-state index contributed by atoms with van der Waals surface area (Å²) in [4.78, 5) is 4.47. The summed E-state index contributed by atoms with van der Waals surface area (Å²) >= 11 is 7.63. The van der Waals surface area contributed by atoms with E-state index in [1.807, 2.05) is 61.5 Å². The van der Waals surface area contributed by atoms with Crippen molar-refractivity contribution in [1.82, 2.24) is 4.98 Å². The number of anilines is 1. The zero-order valence-corrected chi connectivity index (χ0v) is 14.9. The number of aryl methyl sites for hydroxylation is 1. The van der Waals surface area contributed by atoms with E-state index in [1.165, 1.54) is 0 Å². The van der Waals surface area contributed by atoms with E-state index in [1.54, 1.807) is 17.6 Å². The summed E-state index contributed by atoms with van der Waals surface area (Å²) in [5.41, 5.74) is 5.99. The molecule has 2 aromatic heterocycles. The molecule has 25 heavy (non-hydrogen) atoms. The highest BCUT2D eigenvalue weighted by Gasteiger charge is 2.07. The summed E-state index contributed by atoms with van der Waals surface area (Å²) in [5, 5.41) is 5.64. The van der Waals surface area contributed by atoms with Crippen LogP contribution in [0.3, 0.4) is 0 Å². The molecule has 124 valence electrons. The maximum atomic E-state index is 6.07. The molecule has 4 aromatic rings. The number of nitrogens with one attached hydrogen (secondary N) is 1. The molecule has 0 amide bonds. The van der Waals surface area contributed by atoms with Crippen molar-refractivity contribution in [3.05, 3.63) is 70.9 Å². The lowest BCUT2D eigenvalue weighted by Crippen LogP contribution is -1.88. The Morgan fingerprint density at radius 2 is 2.04 bits per heavy atom. The Labute approximate surface area is 153 Å². The molecule has 0 aliphatic rings. The molecule has 1 N–H and O–H groups in total. The molecule has 0 spiro atoms. The van der Waals surface area contributed by atoms with E-state index < -0.39 is 0 Å². The largest absolute Gasteiger partial charge is 0.455 e. The highest BCUT2D eigenvalue weighted by atomic mass is 35.5. The van der Waals surface area contributed by atoms with Crippen LogP contribution in [-0.4, -0.2) is 11.2 Å². The van der Waals surface area contributed by atoms with Crippen molar-refractivity contribution in [1.29, 1.82) is 0 Å². The molecule has 0 bridgehead atoms. The summed E-state index contributed by atoms with van der Waals surface area (Å²) in [6.07, 6.45) is 1.63. The van der Waals surface area contributed by atoms with Gasteiger partial charge in [0.25, 0.3) is 0 Å². The van der Waals surface area contributed by atoms with Gasteiger partial charge in [-0.3, -0.25) is 5.43 Å². The van der Waals surface area contributed by atoms with Crippen LogP contribution in [0.4, 0.5) is 5.13 Å². The Hall–Kier alpha value is -2.63. The van der Waals surface area contributed by atoms with Gasteiger partial charge in [0.05, 0.1) is 16.4 Å². The molecule has 4 rings (SSSR count). The number of furan rings is 1. The molecule has 0 radical (unpaired) electrons. The normalized spacial score (nSPS) is 11.4. The van der Waals surface area contributed by atoms with Crippen LogP contribution in [0.25, 0.3) is 21.5 Å². The van der Waals surface area contributed by atoms with Gasteiger partial charge in [-0.2, -0.15) is 5.10 Å². The molecule has 6 heteroatoms. The van der Waals surface area contributed by atoms with Gasteiger partial charge in [0.15, 0.2) is 0 Å². The topological polar surface area (TPSA) is 50.4 Å². The average molecular weight is 368 g/mol. The van der Waals surface area contributed by atoms with Gasteiger partial charge in [0.2, 0.25) is 5.13 Å². The fraction of sp³-hybridized carbons (Fsp3) is 0.0526. The lowest BCUT2D eigenvalue weighted by atomic mass is 10.1. The number of halogens is 1. The molecule has 2 heterocycles. The third-order valence-corrected chi connectivity index (χ3v) is 4.91. The van der Waals surface area contributed by atoms with Crippen LogP contribution in [0.15, 0.2) is 64.1 Å². The quantitative estimate of drug-likeness (QED) is 0.357. The van der Waals surface area contributed by atoms with Crippen molar-refractivity contribution in [3.63, 3.8) is 0 Å². The highest BCUT2D eigenvalue weighted by Crippen LogP contribution is 2.28. The van der Waals surface area contributed by atoms with E-state index in [-0.39, 0.29) is 0 Å². The molecule has 0 saturated heterocycles. The molecular formula is C19H14ClN3OS. The molecule has 4 nitrogen and oxygen atoms in total. The lowest BCUT2D eigenvalue weighted by Gasteiger charge is -2.02. The Morgan fingerprint density at radius 1 is 1.16 bits per heavy atom. The lowest BCUT2D eigenvalue weighted by molar-refractivity contribution is 0.574. The molecule has 2 aromatic carbocycles. The number of hydrogen-bond donors (Lipinski definition) is 1. The molecule has 0 aliphatic carbocycles. The van der Waals surface area contributed by atoms with Crippen LogP contribution in [0.1, 0.15) is 11.3 Å². The predicted molar refractivity (Wildman–Crippen MR) is 105 cm³/mol. The highest BCUT2D eigenvalue weighted by molar-refractivity contribution is 7.22. The van der Waals surface area contributed by atoms with Crippen LogP contribution < -0.4 is 5.43 Å². The van der Waals surface area contributed by atoms with Crippen molar-refractivity contribution < 1.29 is 4.42 Å². The zero-order chi connectivity index (χ0) is 17.2. The van der Waals surface area contributed by atoms with Crippen molar-refractivity contribution in [2.75, 3.05) is 5.43 Å². The number of hydrazone groups is 1. The number of thiazole rings is 1. The fourth-order valence-corrected chi connectivity index (χ4v) is 3.49. The Morgan fingerprint density at radius 3 is 2.92 bits per heavy atom. The molecular weight excluding hydrogens is 354 g/mol. The Kier molecular flexibility index (Phi) is 4.26. The number of fused-ring (bicyclic) bond motifs is 1. The number of aromatic nitrogens is 1. The smallest absolute Gasteiger partial charge is 0.204 e. The first-order valence-electron chi connectivity index (χ1n) is 7.70. The van der Waals surface area contributed by atoms with Gasteiger partial charge >= 0.3 is 0 Å². The molecule has 0 saturated carbocycles. The van der Waals surface area contributed by atoms with Crippen molar-refractivity contribution >= 4 is 44.5 Å². The number of nitrogens with zero attached hydrogens (tertiary/aromatic N) is 2. The van der Waals surface area contributed by atoms with Crippen molar-refractivity contribution in [2.45, 2.75) is 6.92 Å². The molecule has 0 unspecified atom stereocenters. The predicted octanol–water partition coefficient (Wildman–Crippen LogP) is 5.96. The maximum Gasteiger partial charge on any atom is 0.204 e. The van der Waals surface area contributed by atoms with Gasteiger partial charge in [-0.1, -0.05) is 41.1 Å². The summed E-state index contributed by atoms with van der Waals surface area (Å²) < 4.78 is 6.96. The number of hydrogen-bond acceptors (Lipinski definition) is 5.